The first-order valence-corrected chi connectivity index (χ1v) is 6.42. The van der Waals surface area contributed by atoms with Gasteiger partial charge in [-0.3, -0.25) is 0 Å². The quantitative estimate of drug-likeness (QED) is 0.628. The Bertz CT molecular complexity index is 686. The Kier molecular flexibility index (Phi) is 3.96. The maximum atomic E-state index is 11.5. The third-order valence-electron chi connectivity index (χ3n) is 2.74. The van der Waals surface area contributed by atoms with Crippen LogP contribution in [0.1, 0.15) is 19.4 Å². The summed E-state index contributed by atoms with van der Waals surface area (Å²) in [5.74, 6) is 0.494. The van der Waals surface area contributed by atoms with Crippen LogP contribution in [0.15, 0.2) is 39.6 Å². The van der Waals surface area contributed by atoms with E-state index in [2.05, 4.69) is 6.58 Å². The summed E-state index contributed by atoms with van der Waals surface area (Å²) >= 11 is 6.18. The Balaban J connectivity index is 2.55. The molecule has 0 spiro atoms. The first kappa shape index (κ1) is 13.7. The first-order chi connectivity index (χ1) is 9.01. The Morgan fingerprint density at radius 3 is 2.79 bits per heavy atom. The van der Waals surface area contributed by atoms with E-state index in [1.54, 1.807) is 12.1 Å². The minimum absolute atomic E-state index is 0.363. The van der Waals surface area contributed by atoms with Crippen LogP contribution in [-0.4, -0.2) is 6.61 Å². The summed E-state index contributed by atoms with van der Waals surface area (Å²) < 4.78 is 10.7. The van der Waals surface area contributed by atoms with Crippen LogP contribution in [0.2, 0.25) is 5.02 Å². The standard InChI is InChI=1S/C15H15ClO3/c1-4-10-5-15(17)19-13-7-14(18-8-9(2)3)12(16)6-11(10)13/h5-7H,2,4,8H2,1,3H3. The molecule has 0 unspecified atom stereocenters. The average Bonchev–Trinajstić information content (AvgIpc) is 2.35. The molecule has 0 saturated carbocycles. The lowest BCUT2D eigenvalue weighted by Gasteiger charge is -2.10. The molecule has 1 aromatic carbocycles. The van der Waals surface area contributed by atoms with Crippen LogP contribution in [0.3, 0.4) is 0 Å². The van der Waals surface area contributed by atoms with Gasteiger partial charge in [-0.2, -0.15) is 0 Å². The summed E-state index contributed by atoms with van der Waals surface area (Å²) in [6.07, 6.45) is 0.740. The van der Waals surface area contributed by atoms with Gasteiger partial charge in [0.05, 0.1) is 5.02 Å². The Labute approximate surface area is 116 Å². The molecule has 2 rings (SSSR count). The number of hydrogen-bond donors (Lipinski definition) is 0. The molecule has 0 radical (unpaired) electrons. The molecule has 0 aliphatic heterocycles. The molecule has 0 atom stereocenters. The minimum atomic E-state index is -0.363. The van der Waals surface area contributed by atoms with Crippen molar-refractivity contribution in [1.82, 2.24) is 0 Å². The number of aryl methyl sites for hydroxylation is 1. The highest BCUT2D eigenvalue weighted by Gasteiger charge is 2.10. The van der Waals surface area contributed by atoms with Gasteiger partial charge in [-0.25, -0.2) is 4.79 Å². The second-order valence-electron chi connectivity index (χ2n) is 4.47. The van der Waals surface area contributed by atoms with Gasteiger partial charge in [-0.15, -0.1) is 0 Å². The van der Waals surface area contributed by atoms with Gasteiger partial charge in [-0.05, 0) is 30.5 Å². The number of hydrogen-bond acceptors (Lipinski definition) is 3. The molecule has 1 aromatic heterocycles. The predicted octanol–water partition coefficient (Wildman–Crippen LogP) is 3.96. The molecule has 0 fully saturated rings. The molecule has 4 heteroatoms. The van der Waals surface area contributed by atoms with E-state index in [0.717, 1.165) is 22.9 Å². The molecular weight excluding hydrogens is 264 g/mol. The van der Waals surface area contributed by atoms with Crippen molar-refractivity contribution >= 4 is 22.6 Å². The maximum Gasteiger partial charge on any atom is 0.336 e. The fourth-order valence-electron chi connectivity index (χ4n) is 1.83. The second kappa shape index (κ2) is 5.49. The molecule has 0 bridgehead atoms. The molecule has 100 valence electrons. The Morgan fingerprint density at radius 1 is 1.42 bits per heavy atom. The van der Waals surface area contributed by atoms with Crippen molar-refractivity contribution < 1.29 is 9.15 Å². The van der Waals surface area contributed by atoms with E-state index in [1.165, 1.54) is 6.07 Å². The van der Waals surface area contributed by atoms with Gasteiger partial charge >= 0.3 is 5.63 Å². The zero-order valence-corrected chi connectivity index (χ0v) is 11.7. The number of fused-ring (bicyclic) bond motifs is 1. The largest absolute Gasteiger partial charge is 0.488 e. The van der Waals surface area contributed by atoms with Gasteiger partial charge in [0.15, 0.2) is 0 Å². The zero-order chi connectivity index (χ0) is 14.0. The third-order valence-corrected chi connectivity index (χ3v) is 3.03. The first-order valence-electron chi connectivity index (χ1n) is 6.04. The van der Waals surface area contributed by atoms with Crippen molar-refractivity contribution in [1.29, 1.82) is 0 Å². The van der Waals surface area contributed by atoms with Crippen LogP contribution >= 0.6 is 11.6 Å². The summed E-state index contributed by atoms with van der Waals surface area (Å²) in [5.41, 5.74) is 1.93. The topological polar surface area (TPSA) is 39.4 Å². The van der Waals surface area contributed by atoms with Crippen LogP contribution < -0.4 is 10.4 Å². The highest BCUT2D eigenvalue weighted by Crippen LogP contribution is 2.31. The lowest BCUT2D eigenvalue weighted by Crippen LogP contribution is -2.02. The summed E-state index contributed by atoms with van der Waals surface area (Å²) in [6, 6.07) is 4.92. The van der Waals surface area contributed by atoms with E-state index in [4.69, 9.17) is 20.8 Å². The summed E-state index contributed by atoms with van der Waals surface area (Å²) in [4.78, 5) is 11.5. The smallest absolute Gasteiger partial charge is 0.336 e. The normalized spacial score (nSPS) is 10.7. The van der Waals surface area contributed by atoms with Gasteiger partial charge in [0, 0.05) is 17.5 Å². The maximum absolute atomic E-state index is 11.5. The van der Waals surface area contributed by atoms with Gasteiger partial charge in [0.25, 0.3) is 0 Å². The second-order valence-corrected chi connectivity index (χ2v) is 4.88. The fourth-order valence-corrected chi connectivity index (χ4v) is 2.05. The molecule has 19 heavy (non-hydrogen) atoms. The molecule has 0 saturated heterocycles. The van der Waals surface area contributed by atoms with E-state index >= 15 is 0 Å². The lowest BCUT2D eigenvalue weighted by molar-refractivity contribution is 0.352. The van der Waals surface area contributed by atoms with Crippen molar-refractivity contribution in [3.63, 3.8) is 0 Å². The number of benzene rings is 1. The molecular formula is C15H15ClO3. The van der Waals surface area contributed by atoms with Gasteiger partial charge in [-0.1, -0.05) is 25.1 Å². The lowest BCUT2D eigenvalue weighted by atomic mass is 10.1. The van der Waals surface area contributed by atoms with Crippen molar-refractivity contribution in [3.8, 4) is 5.75 Å². The van der Waals surface area contributed by atoms with Gasteiger partial charge in [0.1, 0.15) is 17.9 Å². The van der Waals surface area contributed by atoms with Crippen molar-refractivity contribution in [2.75, 3.05) is 6.61 Å². The van der Waals surface area contributed by atoms with Crippen molar-refractivity contribution in [3.05, 3.63) is 51.4 Å². The van der Waals surface area contributed by atoms with E-state index in [9.17, 15) is 4.79 Å². The van der Waals surface area contributed by atoms with Crippen LogP contribution in [0.5, 0.6) is 5.75 Å². The Morgan fingerprint density at radius 2 is 2.16 bits per heavy atom. The van der Waals surface area contributed by atoms with E-state index in [0.29, 0.717) is 23.0 Å². The van der Waals surface area contributed by atoms with Gasteiger partial charge in [0.2, 0.25) is 0 Å². The number of ether oxygens (including phenoxy) is 1. The molecule has 2 aromatic rings. The number of halogens is 1. The molecule has 1 heterocycles. The average molecular weight is 279 g/mol. The summed E-state index contributed by atoms with van der Waals surface area (Å²) in [6.45, 7) is 7.99. The molecule has 0 N–H and O–H groups in total. The van der Waals surface area contributed by atoms with Gasteiger partial charge < -0.3 is 9.15 Å². The molecule has 0 aliphatic rings. The Hall–Kier alpha value is -1.74. The van der Waals surface area contributed by atoms with Crippen LogP contribution in [0, 0.1) is 0 Å². The van der Waals surface area contributed by atoms with Crippen LogP contribution in [0.25, 0.3) is 11.0 Å². The molecule has 3 nitrogen and oxygen atoms in total. The third kappa shape index (κ3) is 2.99. The van der Waals surface area contributed by atoms with Crippen LogP contribution in [0.4, 0.5) is 0 Å². The predicted molar refractivity (Wildman–Crippen MR) is 77.2 cm³/mol. The highest BCUT2D eigenvalue weighted by atomic mass is 35.5. The molecule has 0 aliphatic carbocycles. The highest BCUT2D eigenvalue weighted by molar-refractivity contribution is 6.32. The van der Waals surface area contributed by atoms with E-state index in [1.807, 2.05) is 13.8 Å². The minimum Gasteiger partial charge on any atom is -0.488 e. The molecule has 0 amide bonds. The summed E-state index contributed by atoms with van der Waals surface area (Å²) in [7, 11) is 0. The van der Waals surface area contributed by atoms with E-state index < -0.39 is 0 Å². The van der Waals surface area contributed by atoms with Crippen LogP contribution in [-0.2, 0) is 6.42 Å². The van der Waals surface area contributed by atoms with Crippen molar-refractivity contribution in [2.45, 2.75) is 20.3 Å². The van der Waals surface area contributed by atoms with E-state index in [-0.39, 0.29) is 5.63 Å². The summed E-state index contributed by atoms with van der Waals surface area (Å²) in [5, 5.41) is 1.34. The van der Waals surface area contributed by atoms with Crippen molar-refractivity contribution in [2.24, 2.45) is 0 Å². The SMILES string of the molecule is C=C(C)COc1cc2oc(=O)cc(CC)c2cc1Cl. The zero-order valence-electron chi connectivity index (χ0n) is 11.0. The fraction of sp³-hybridized carbons (Fsp3) is 0.267. The monoisotopic (exact) mass is 278 g/mol. The number of rotatable bonds is 4.